The van der Waals surface area contributed by atoms with Crippen molar-refractivity contribution in [3.05, 3.63) is 54.6 Å². The van der Waals surface area contributed by atoms with Gasteiger partial charge >= 0.3 is 0 Å². The molecule has 0 radical (unpaired) electrons. The number of fused-ring (bicyclic) bond motifs is 2. The molecule has 10 heteroatoms. The molecule has 4 heterocycles. The number of benzene rings is 1. The maximum absolute atomic E-state index is 11.8. The zero-order chi connectivity index (χ0) is 22.2. The predicted molar refractivity (Wildman–Crippen MR) is 117 cm³/mol. The van der Waals surface area contributed by atoms with E-state index >= 15 is 0 Å². The minimum atomic E-state index is -0.711. The monoisotopic (exact) mass is 434 g/mol. The molecule has 1 fully saturated rings. The summed E-state index contributed by atoms with van der Waals surface area (Å²) in [6, 6.07) is 9.07. The van der Waals surface area contributed by atoms with E-state index in [0.717, 1.165) is 10.9 Å². The Morgan fingerprint density at radius 3 is 3.03 bits per heavy atom. The molecule has 10 nitrogen and oxygen atoms in total. The average Bonchev–Trinajstić information content (AvgIpc) is 3.40. The highest BCUT2D eigenvalue weighted by Gasteiger charge is 2.36. The van der Waals surface area contributed by atoms with E-state index < -0.39 is 12.3 Å². The Kier molecular flexibility index (Phi) is 5.08. The third kappa shape index (κ3) is 3.59. The first-order valence-corrected chi connectivity index (χ1v) is 10.2. The zero-order valence-corrected chi connectivity index (χ0v) is 17.3. The Bertz CT molecular complexity index is 1310. The number of hydrogen-bond donors (Lipinski definition) is 3. The number of anilines is 1. The highest BCUT2D eigenvalue weighted by Crippen LogP contribution is 2.33. The van der Waals surface area contributed by atoms with E-state index in [1.807, 2.05) is 24.3 Å². The fourth-order valence-corrected chi connectivity index (χ4v) is 3.93. The number of nitrogen functional groups attached to an aromatic ring is 1. The van der Waals surface area contributed by atoms with Crippen LogP contribution in [0.3, 0.4) is 0 Å². The van der Waals surface area contributed by atoms with Gasteiger partial charge in [-0.15, -0.1) is 0 Å². The molecule has 1 aromatic carbocycles. The van der Waals surface area contributed by atoms with E-state index in [1.165, 1.54) is 12.5 Å². The number of carbonyl (C=O) groups excluding carboxylic acids is 1. The van der Waals surface area contributed by atoms with Crippen LogP contribution in [0.25, 0.3) is 21.9 Å². The summed E-state index contributed by atoms with van der Waals surface area (Å²) < 4.78 is 13.7. The molecular formula is C22H22N6O4. The Balaban J connectivity index is 1.27. The largest absolute Gasteiger partial charge is 0.491 e. The standard InChI is InChI=1S/C22H22N6O4/c1-24-21(30)13-6-12-2-3-14(7-17(12)25-9-13)31-10-15-8-18(29)22(32-15)28-5-4-16-19(23)26-11-27-20(16)28/h2-7,9,11,15,18,22,29H,8,10H2,1H3,(H,24,30)(H2,23,26,27)/t15-,18+,22+/m0/s1. The fraction of sp³-hybridized carbons (Fsp3) is 0.273. The third-order valence-corrected chi connectivity index (χ3v) is 5.56. The van der Waals surface area contributed by atoms with Crippen molar-refractivity contribution in [2.75, 3.05) is 19.4 Å². The number of amides is 1. The number of rotatable bonds is 5. The number of nitrogens with zero attached hydrogens (tertiary/aromatic N) is 4. The van der Waals surface area contributed by atoms with Gasteiger partial charge in [-0.25, -0.2) is 9.97 Å². The van der Waals surface area contributed by atoms with Crippen molar-refractivity contribution in [2.24, 2.45) is 0 Å². The molecule has 0 unspecified atom stereocenters. The van der Waals surface area contributed by atoms with Gasteiger partial charge in [-0.1, -0.05) is 0 Å². The van der Waals surface area contributed by atoms with E-state index in [1.54, 1.807) is 23.9 Å². The van der Waals surface area contributed by atoms with Gasteiger partial charge < -0.3 is 30.2 Å². The number of ether oxygens (including phenoxy) is 2. The fourth-order valence-electron chi connectivity index (χ4n) is 3.93. The first-order chi connectivity index (χ1) is 15.5. The molecule has 0 spiro atoms. The van der Waals surface area contributed by atoms with E-state index in [-0.39, 0.29) is 18.6 Å². The molecule has 0 bridgehead atoms. The normalized spacial score (nSPS) is 20.6. The topological polar surface area (TPSA) is 137 Å². The molecule has 32 heavy (non-hydrogen) atoms. The number of nitrogens with two attached hydrogens (primary N) is 1. The number of nitrogens with one attached hydrogen (secondary N) is 1. The maximum atomic E-state index is 11.8. The SMILES string of the molecule is CNC(=O)c1cnc2cc(OC[C@@H]3C[C@@H](O)[C@H](n4ccc5c(N)ncnc54)O3)ccc2c1. The van der Waals surface area contributed by atoms with Gasteiger partial charge in [0, 0.05) is 37.3 Å². The van der Waals surface area contributed by atoms with E-state index in [2.05, 4.69) is 20.3 Å². The summed E-state index contributed by atoms with van der Waals surface area (Å²) in [4.78, 5) is 24.4. The molecule has 3 atom stereocenters. The molecule has 1 aliphatic heterocycles. The lowest BCUT2D eigenvalue weighted by molar-refractivity contribution is -0.0454. The molecule has 4 N–H and O–H groups in total. The highest BCUT2D eigenvalue weighted by molar-refractivity contribution is 5.97. The molecule has 164 valence electrons. The van der Waals surface area contributed by atoms with Crippen LogP contribution < -0.4 is 15.8 Å². The van der Waals surface area contributed by atoms with Gasteiger partial charge in [-0.3, -0.25) is 9.78 Å². The van der Waals surface area contributed by atoms with E-state index in [4.69, 9.17) is 15.2 Å². The predicted octanol–water partition coefficient (Wildman–Crippen LogP) is 1.65. The highest BCUT2D eigenvalue weighted by atomic mass is 16.6. The van der Waals surface area contributed by atoms with Gasteiger partial charge in [-0.2, -0.15) is 0 Å². The number of aliphatic hydroxyl groups excluding tert-OH is 1. The second-order valence-electron chi connectivity index (χ2n) is 7.64. The van der Waals surface area contributed by atoms with Crippen LogP contribution in [-0.2, 0) is 4.74 Å². The van der Waals surface area contributed by atoms with Crippen molar-refractivity contribution in [3.63, 3.8) is 0 Å². The lowest BCUT2D eigenvalue weighted by Crippen LogP contribution is -2.19. The molecule has 1 amide bonds. The molecule has 3 aromatic heterocycles. The minimum Gasteiger partial charge on any atom is -0.491 e. The zero-order valence-electron chi connectivity index (χ0n) is 17.3. The van der Waals surface area contributed by atoms with Gasteiger partial charge in [0.25, 0.3) is 5.91 Å². The Morgan fingerprint density at radius 2 is 2.19 bits per heavy atom. The maximum Gasteiger partial charge on any atom is 0.252 e. The second kappa shape index (κ2) is 8.06. The average molecular weight is 434 g/mol. The van der Waals surface area contributed by atoms with E-state index in [9.17, 15) is 9.90 Å². The van der Waals surface area contributed by atoms with Gasteiger partial charge in [0.15, 0.2) is 6.23 Å². The van der Waals surface area contributed by atoms with Crippen LogP contribution in [0.15, 0.2) is 49.1 Å². The lowest BCUT2D eigenvalue weighted by Gasteiger charge is -2.18. The Hall–Kier alpha value is -3.76. The smallest absolute Gasteiger partial charge is 0.252 e. The Labute approximate surface area is 183 Å². The van der Waals surface area contributed by atoms with Crippen LogP contribution in [-0.4, -0.2) is 56.4 Å². The van der Waals surface area contributed by atoms with Crippen LogP contribution in [0.4, 0.5) is 5.82 Å². The second-order valence-corrected chi connectivity index (χ2v) is 7.64. The summed E-state index contributed by atoms with van der Waals surface area (Å²) in [5, 5.41) is 14.7. The summed E-state index contributed by atoms with van der Waals surface area (Å²) in [7, 11) is 1.58. The number of aromatic nitrogens is 4. The van der Waals surface area contributed by atoms with E-state index in [0.29, 0.717) is 34.6 Å². The van der Waals surface area contributed by atoms with Crippen molar-refractivity contribution in [1.29, 1.82) is 0 Å². The van der Waals surface area contributed by atoms with Crippen LogP contribution in [0, 0.1) is 0 Å². The lowest BCUT2D eigenvalue weighted by atomic mass is 10.1. The number of carbonyl (C=O) groups is 1. The van der Waals surface area contributed by atoms with Gasteiger partial charge in [0.2, 0.25) is 0 Å². The number of hydrogen-bond acceptors (Lipinski definition) is 8. The summed E-state index contributed by atoms with van der Waals surface area (Å²) in [6.07, 6.45) is 3.53. The first kappa shape index (κ1) is 20.2. The summed E-state index contributed by atoms with van der Waals surface area (Å²) >= 11 is 0. The third-order valence-electron chi connectivity index (χ3n) is 5.56. The number of aliphatic hydroxyl groups is 1. The van der Waals surface area contributed by atoms with Crippen molar-refractivity contribution in [1.82, 2.24) is 24.8 Å². The Morgan fingerprint density at radius 1 is 1.31 bits per heavy atom. The van der Waals surface area contributed by atoms with Crippen molar-refractivity contribution in [2.45, 2.75) is 24.9 Å². The van der Waals surface area contributed by atoms with Crippen molar-refractivity contribution < 1.29 is 19.4 Å². The molecule has 1 saturated heterocycles. The van der Waals surface area contributed by atoms with Crippen molar-refractivity contribution >= 4 is 33.7 Å². The van der Waals surface area contributed by atoms with Crippen LogP contribution in [0.1, 0.15) is 23.0 Å². The van der Waals surface area contributed by atoms with Crippen LogP contribution in [0.2, 0.25) is 0 Å². The van der Waals surface area contributed by atoms with Gasteiger partial charge in [0.1, 0.15) is 36.3 Å². The summed E-state index contributed by atoms with van der Waals surface area (Å²) in [5.74, 6) is 0.829. The van der Waals surface area contributed by atoms with Crippen LogP contribution >= 0.6 is 0 Å². The molecule has 5 rings (SSSR count). The van der Waals surface area contributed by atoms with Gasteiger partial charge in [0.05, 0.1) is 22.6 Å². The molecule has 4 aromatic rings. The quantitative estimate of drug-likeness (QED) is 0.431. The van der Waals surface area contributed by atoms with Crippen LogP contribution in [0.5, 0.6) is 5.75 Å². The van der Waals surface area contributed by atoms with Gasteiger partial charge in [-0.05, 0) is 24.3 Å². The minimum absolute atomic E-state index is 0.184. The molecule has 0 aliphatic carbocycles. The van der Waals surface area contributed by atoms with Crippen molar-refractivity contribution in [3.8, 4) is 5.75 Å². The summed E-state index contributed by atoms with van der Waals surface area (Å²) in [6.45, 7) is 0.270. The molecule has 1 aliphatic rings. The first-order valence-electron chi connectivity index (χ1n) is 10.2. The molecule has 0 saturated carbocycles. The number of pyridine rings is 1. The molecular weight excluding hydrogens is 412 g/mol. The summed E-state index contributed by atoms with van der Waals surface area (Å²) in [5.41, 5.74) is 7.73.